The molecule has 2 heteroatoms. The maximum atomic E-state index is 3.72. The molecule has 0 aliphatic heterocycles. The molecular weight excluding hydrogens is 64.0 g/mol. The van der Waals surface area contributed by atoms with Crippen molar-refractivity contribution >= 4 is 0 Å². The summed E-state index contributed by atoms with van der Waals surface area (Å²) >= 11 is 0. The number of hydrogen-bond acceptors (Lipinski definition) is 1. The third kappa shape index (κ3) is 3.60. The molecule has 5 heavy (non-hydrogen) atoms. The van der Waals surface area contributed by atoms with Crippen LogP contribution in [0, 0.1) is 0 Å². The molecule has 0 saturated carbocycles. The molecule has 0 unspecified atom stereocenters. The Morgan fingerprint density at radius 2 is 1.60 bits per heavy atom. The molecule has 0 heterocycles. The van der Waals surface area contributed by atoms with E-state index < -0.39 is 0 Å². The van der Waals surface area contributed by atoms with Gasteiger partial charge in [-0.15, -0.1) is 4.70 Å². The Balaban J connectivity index is 3.14. The molecule has 0 atom stereocenters. The quantitative estimate of drug-likeness (QED) is 0.290. The van der Waals surface area contributed by atoms with Gasteiger partial charge in [0.1, 0.15) is 0 Å². The van der Waals surface area contributed by atoms with E-state index in [1.54, 1.807) is 11.7 Å². The number of rotatable bonds is 0. The molecular formula is C3H9N2+. The Morgan fingerprint density at radius 1 is 1.40 bits per heavy atom. The van der Waals surface area contributed by atoms with E-state index in [1.807, 2.05) is 14.1 Å². The molecule has 0 fully saturated rings. The van der Waals surface area contributed by atoms with Crippen molar-refractivity contribution in [3.8, 4) is 0 Å². The van der Waals surface area contributed by atoms with E-state index in [0.717, 1.165) is 0 Å². The highest BCUT2D eigenvalue weighted by Crippen LogP contribution is 1.51. The average molecular weight is 73.1 g/mol. The fraction of sp³-hybridized carbons (Fsp3) is 1.00. The van der Waals surface area contributed by atoms with Crippen molar-refractivity contribution < 1.29 is 4.70 Å². The molecule has 0 radical (unpaired) electrons. The van der Waals surface area contributed by atoms with Crippen LogP contribution >= 0.6 is 0 Å². The second-order valence-electron chi connectivity index (χ2n) is 1.05. The highest BCUT2D eigenvalue weighted by atomic mass is 15.2. The molecule has 0 amide bonds. The SMILES string of the molecule is CN=[N+](C)C. The zero-order chi connectivity index (χ0) is 4.28. The standard InChI is InChI=1S/C3H9N2/c1-4-5(2)3/h1-3H3/q+1. The van der Waals surface area contributed by atoms with Gasteiger partial charge in [-0.2, -0.15) is 0 Å². The van der Waals surface area contributed by atoms with Crippen LogP contribution in [0.25, 0.3) is 0 Å². The van der Waals surface area contributed by atoms with Gasteiger partial charge in [-0.05, 0) is 5.11 Å². The summed E-state index contributed by atoms with van der Waals surface area (Å²) in [6, 6.07) is 0. The van der Waals surface area contributed by atoms with E-state index in [1.165, 1.54) is 0 Å². The Labute approximate surface area is 32.1 Å². The van der Waals surface area contributed by atoms with Crippen LogP contribution in [0.15, 0.2) is 5.11 Å². The van der Waals surface area contributed by atoms with Crippen molar-refractivity contribution in [1.82, 2.24) is 0 Å². The van der Waals surface area contributed by atoms with E-state index in [-0.39, 0.29) is 0 Å². The van der Waals surface area contributed by atoms with Crippen molar-refractivity contribution in [3.63, 3.8) is 0 Å². The number of azo groups is 2. The minimum absolute atomic E-state index is 1.75. The van der Waals surface area contributed by atoms with Crippen LogP contribution in [-0.2, 0) is 0 Å². The molecule has 0 bridgehead atoms. The molecule has 0 aliphatic carbocycles. The van der Waals surface area contributed by atoms with Gasteiger partial charge in [-0.25, -0.2) is 0 Å². The predicted molar refractivity (Wildman–Crippen MR) is 20.5 cm³/mol. The van der Waals surface area contributed by atoms with E-state index >= 15 is 0 Å². The van der Waals surface area contributed by atoms with Crippen molar-refractivity contribution in [1.29, 1.82) is 0 Å². The van der Waals surface area contributed by atoms with Crippen LogP contribution < -0.4 is 0 Å². The molecule has 2 nitrogen and oxygen atoms in total. The Morgan fingerprint density at radius 3 is 1.60 bits per heavy atom. The maximum absolute atomic E-state index is 3.72. The van der Waals surface area contributed by atoms with Gasteiger partial charge in [0.2, 0.25) is 0 Å². The summed E-state index contributed by atoms with van der Waals surface area (Å²) in [6.07, 6.45) is 0. The van der Waals surface area contributed by atoms with E-state index in [2.05, 4.69) is 5.11 Å². The van der Waals surface area contributed by atoms with E-state index in [4.69, 9.17) is 0 Å². The molecule has 0 saturated heterocycles. The van der Waals surface area contributed by atoms with Gasteiger partial charge in [0.05, 0.1) is 7.05 Å². The van der Waals surface area contributed by atoms with Gasteiger partial charge in [0, 0.05) is 0 Å². The van der Waals surface area contributed by atoms with E-state index in [0.29, 0.717) is 0 Å². The van der Waals surface area contributed by atoms with Crippen LogP contribution in [0.3, 0.4) is 0 Å². The number of nitrogens with zero attached hydrogens (tertiary/aromatic N) is 2. The summed E-state index contributed by atoms with van der Waals surface area (Å²) in [6.45, 7) is 0. The molecule has 0 aliphatic rings. The summed E-state index contributed by atoms with van der Waals surface area (Å²) in [4.78, 5) is 0. The first-order chi connectivity index (χ1) is 2.27. The molecule has 0 N–H and O–H groups in total. The van der Waals surface area contributed by atoms with Gasteiger partial charge in [0.15, 0.2) is 14.1 Å². The summed E-state index contributed by atoms with van der Waals surface area (Å²) < 4.78 is 1.75. The highest BCUT2D eigenvalue weighted by molar-refractivity contribution is 3.76. The first kappa shape index (κ1) is 4.60. The third-order valence-electron chi connectivity index (χ3n) is 0.400. The van der Waals surface area contributed by atoms with Gasteiger partial charge in [-0.3, -0.25) is 0 Å². The molecule has 0 spiro atoms. The molecule has 0 aromatic carbocycles. The minimum atomic E-state index is 1.75. The molecule has 0 rings (SSSR count). The Kier molecular flexibility index (Phi) is 1.73. The first-order valence-electron chi connectivity index (χ1n) is 1.54. The van der Waals surface area contributed by atoms with Crippen molar-refractivity contribution in [2.75, 3.05) is 21.1 Å². The predicted octanol–water partition coefficient (Wildman–Crippen LogP) is 0.341. The van der Waals surface area contributed by atoms with Crippen LogP contribution in [0.5, 0.6) is 0 Å². The Bertz CT molecular complexity index is 42.9. The number of hydrogen-bond donors (Lipinski definition) is 0. The fourth-order valence-corrected chi connectivity index (χ4v) is 0. The highest BCUT2D eigenvalue weighted by Gasteiger charge is 1.66. The van der Waals surface area contributed by atoms with Crippen molar-refractivity contribution in [3.05, 3.63) is 0 Å². The summed E-state index contributed by atoms with van der Waals surface area (Å²) in [5, 5.41) is 3.72. The maximum Gasteiger partial charge on any atom is 0.158 e. The normalized spacial score (nSPS) is 7.00. The van der Waals surface area contributed by atoms with Crippen LogP contribution in [0.1, 0.15) is 0 Å². The minimum Gasteiger partial charge on any atom is -0.133 e. The van der Waals surface area contributed by atoms with Crippen molar-refractivity contribution in [2.45, 2.75) is 0 Å². The van der Waals surface area contributed by atoms with Crippen LogP contribution in [-0.4, -0.2) is 25.8 Å². The van der Waals surface area contributed by atoms with Crippen molar-refractivity contribution in [2.24, 2.45) is 5.11 Å². The largest absolute Gasteiger partial charge is 0.158 e. The summed E-state index contributed by atoms with van der Waals surface area (Å²) in [5.74, 6) is 0. The lowest BCUT2D eigenvalue weighted by atomic mass is 11.2. The molecule has 0 aromatic heterocycles. The molecule has 0 aromatic rings. The average Bonchev–Trinajstić information content (AvgIpc) is 1.38. The smallest absolute Gasteiger partial charge is 0.133 e. The van der Waals surface area contributed by atoms with Gasteiger partial charge in [-0.1, -0.05) is 0 Å². The van der Waals surface area contributed by atoms with E-state index in [9.17, 15) is 0 Å². The zero-order valence-corrected chi connectivity index (χ0v) is 3.89. The topological polar surface area (TPSA) is 15.4 Å². The lowest BCUT2D eigenvalue weighted by Crippen LogP contribution is -1.88. The summed E-state index contributed by atoms with van der Waals surface area (Å²) in [5.41, 5.74) is 0. The summed E-state index contributed by atoms with van der Waals surface area (Å²) in [7, 11) is 5.53. The third-order valence-corrected chi connectivity index (χ3v) is 0.400. The lowest BCUT2D eigenvalue weighted by Gasteiger charge is -1.68. The second-order valence-corrected chi connectivity index (χ2v) is 1.05. The Hall–Kier alpha value is -0.400. The van der Waals surface area contributed by atoms with Gasteiger partial charge < -0.3 is 0 Å². The van der Waals surface area contributed by atoms with Crippen LogP contribution in [0.2, 0.25) is 0 Å². The fourth-order valence-electron chi connectivity index (χ4n) is 0. The van der Waals surface area contributed by atoms with Crippen LogP contribution in [0.4, 0.5) is 0 Å². The van der Waals surface area contributed by atoms with Gasteiger partial charge in [0.25, 0.3) is 0 Å². The monoisotopic (exact) mass is 73.1 g/mol. The zero-order valence-electron chi connectivity index (χ0n) is 3.89. The van der Waals surface area contributed by atoms with Gasteiger partial charge >= 0.3 is 0 Å². The molecule has 30 valence electrons. The second kappa shape index (κ2) is 1.88. The lowest BCUT2D eigenvalue weighted by molar-refractivity contribution is -0.535. The first-order valence-corrected chi connectivity index (χ1v) is 1.54.